The highest BCUT2D eigenvalue weighted by molar-refractivity contribution is 6.33. The van der Waals surface area contributed by atoms with E-state index in [0.717, 1.165) is 11.3 Å². The van der Waals surface area contributed by atoms with Crippen LogP contribution in [0.25, 0.3) is 16.9 Å². The topological polar surface area (TPSA) is 83.1 Å². The van der Waals surface area contributed by atoms with Crippen LogP contribution in [0.15, 0.2) is 36.7 Å². The first kappa shape index (κ1) is 15.0. The molecule has 0 unspecified atom stereocenters. The number of hydrogen-bond donors (Lipinski definition) is 1. The van der Waals surface area contributed by atoms with Gasteiger partial charge in [0.25, 0.3) is 0 Å². The molecular weight excluding hydrogens is 314 g/mol. The van der Waals surface area contributed by atoms with Crippen LogP contribution in [-0.4, -0.2) is 20.5 Å². The Balaban J connectivity index is 2.12. The average molecular weight is 326 g/mol. The zero-order chi connectivity index (χ0) is 16.4. The van der Waals surface area contributed by atoms with Crippen molar-refractivity contribution >= 4 is 28.8 Å². The Morgan fingerprint density at radius 2 is 2.26 bits per heavy atom. The van der Waals surface area contributed by atoms with Crippen LogP contribution in [0.3, 0.4) is 0 Å². The van der Waals surface area contributed by atoms with Crippen molar-refractivity contribution in [2.45, 2.75) is 13.3 Å². The van der Waals surface area contributed by atoms with E-state index in [0.29, 0.717) is 28.3 Å². The van der Waals surface area contributed by atoms with Crippen LogP contribution in [0.5, 0.6) is 0 Å². The summed E-state index contributed by atoms with van der Waals surface area (Å²) in [4.78, 5) is 15.8. The summed E-state index contributed by atoms with van der Waals surface area (Å²) in [7, 11) is 0. The first-order valence-electron chi connectivity index (χ1n) is 6.96. The Labute approximate surface area is 137 Å². The predicted octanol–water partition coefficient (Wildman–Crippen LogP) is 3.27. The van der Waals surface area contributed by atoms with Crippen molar-refractivity contribution in [1.82, 2.24) is 14.6 Å². The molecule has 2 aromatic heterocycles. The molecule has 1 aromatic carbocycles. The number of halogens is 1. The molecule has 0 atom stereocenters. The molecule has 0 spiro atoms. The fourth-order valence-electron chi connectivity index (χ4n) is 2.21. The monoisotopic (exact) mass is 325 g/mol. The van der Waals surface area contributed by atoms with Crippen LogP contribution < -0.4 is 5.32 Å². The zero-order valence-corrected chi connectivity index (χ0v) is 13.0. The number of amides is 1. The van der Waals surface area contributed by atoms with Gasteiger partial charge in [0.05, 0.1) is 22.6 Å². The van der Waals surface area contributed by atoms with Crippen LogP contribution >= 0.6 is 11.6 Å². The number of carbonyl (C=O) groups excluding carboxylic acids is 1. The second-order valence-electron chi connectivity index (χ2n) is 4.83. The Hall–Kier alpha value is -2.91. The number of fused-ring (bicyclic) bond motifs is 1. The number of benzene rings is 1. The van der Waals surface area contributed by atoms with Gasteiger partial charge in [0.1, 0.15) is 11.6 Å². The van der Waals surface area contributed by atoms with Crippen LogP contribution in [0.2, 0.25) is 5.02 Å². The maximum atomic E-state index is 11.6. The number of rotatable bonds is 3. The van der Waals surface area contributed by atoms with E-state index in [4.69, 9.17) is 16.9 Å². The van der Waals surface area contributed by atoms with Gasteiger partial charge >= 0.3 is 0 Å². The fourth-order valence-corrected chi connectivity index (χ4v) is 2.37. The summed E-state index contributed by atoms with van der Waals surface area (Å²) in [6.07, 6.45) is 3.46. The lowest BCUT2D eigenvalue weighted by Gasteiger charge is -2.10. The Bertz CT molecular complexity index is 941. The SMILES string of the molecule is CCC(=O)Nc1cc(-c2ccnc3c(C#N)cnn23)ccc1Cl. The van der Waals surface area contributed by atoms with Crippen LogP contribution in [0.1, 0.15) is 18.9 Å². The molecule has 1 amide bonds. The number of nitriles is 1. The van der Waals surface area contributed by atoms with Crippen molar-refractivity contribution in [3.8, 4) is 17.3 Å². The molecule has 0 aliphatic heterocycles. The Kier molecular flexibility index (Phi) is 3.96. The Morgan fingerprint density at radius 1 is 1.43 bits per heavy atom. The van der Waals surface area contributed by atoms with E-state index in [9.17, 15) is 4.79 Å². The van der Waals surface area contributed by atoms with Gasteiger partial charge in [-0.3, -0.25) is 4.79 Å². The van der Waals surface area contributed by atoms with Gasteiger partial charge in [-0.25, -0.2) is 9.50 Å². The summed E-state index contributed by atoms with van der Waals surface area (Å²) in [5, 5.41) is 16.5. The van der Waals surface area contributed by atoms with E-state index in [1.54, 1.807) is 35.8 Å². The fraction of sp³-hybridized carbons (Fsp3) is 0.125. The third-order valence-electron chi connectivity index (χ3n) is 3.38. The van der Waals surface area contributed by atoms with E-state index < -0.39 is 0 Å². The van der Waals surface area contributed by atoms with E-state index in [2.05, 4.69) is 21.5 Å². The molecule has 6 nitrogen and oxygen atoms in total. The van der Waals surface area contributed by atoms with Gasteiger partial charge < -0.3 is 5.32 Å². The number of nitrogens with zero attached hydrogens (tertiary/aromatic N) is 4. The summed E-state index contributed by atoms with van der Waals surface area (Å²) in [5.41, 5.74) is 2.98. The van der Waals surface area contributed by atoms with Crippen LogP contribution in [0, 0.1) is 11.3 Å². The molecule has 0 aliphatic carbocycles. The van der Waals surface area contributed by atoms with E-state index in [1.165, 1.54) is 6.20 Å². The summed E-state index contributed by atoms with van der Waals surface area (Å²) in [6, 6.07) is 9.16. The standard InChI is InChI=1S/C16H12ClN5O/c1-2-15(23)21-13-7-10(3-4-12(13)17)14-5-6-19-16-11(8-18)9-20-22(14)16/h3-7,9H,2H2,1H3,(H,21,23). The highest BCUT2D eigenvalue weighted by Crippen LogP contribution is 2.29. The Morgan fingerprint density at radius 3 is 3.00 bits per heavy atom. The average Bonchev–Trinajstić information content (AvgIpc) is 3.00. The van der Waals surface area contributed by atoms with Gasteiger partial charge in [-0.15, -0.1) is 0 Å². The lowest BCUT2D eigenvalue weighted by molar-refractivity contribution is -0.115. The molecule has 3 rings (SSSR count). The van der Waals surface area contributed by atoms with Gasteiger partial charge in [-0.2, -0.15) is 10.4 Å². The third-order valence-corrected chi connectivity index (χ3v) is 3.71. The molecule has 0 fully saturated rings. The van der Waals surface area contributed by atoms with E-state index >= 15 is 0 Å². The second kappa shape index (κ2) is 6.07. The smallest absolute Gasteiger partial charge is 0.224 e. The first-order valence-corrected chi connectivity index (χ1v) is 7.34. The van der Waals surface area contributed by atoms with Gasteiger partial charge in [0, 0.05) is 18.2 Å². The molecule has 23 heavy (non-hydrogen) atoms. The minimum absolute atomic E-state index is 0.116. The molecule has 0 saturated heterocycles. The molecule has 114 valence electrons. The van der Waals surface area contributed by atoms with Crippen molar-refractivity contribution in [2.24, 2.45) is 0 Å². The van der Waals surface area contributed by atoms with E-state index in [1.807, 2.05) is 6.07 Å². The van der Waals surface area contributed by atoms with Gasteiger partial charge in [0.15, 0.2) is 5.65 Å². The summed E-state index contributed by atoms with van der Waals surface area (Å²) in [6.45, 7) is 1.77. The minimum Gasteiger partial charge on any atom is -0.325 e. The largest absolute Gasteiger partial charge is 0.325 e. The van der Waals surface area contributed by atoms with Gasteiger partial charge in [-0.05, 0) is 18.2 Å². The molecule has 2 heterocycles. The molecule has 0 aliphatic rings. The lowest BCUT2D eigenvalue weighted by Crippen LogP contribution is -2.10. The third kappa shape index (κ3) is 2.74. The number of hydrogen-bond acceptors (Lipinski definition) is 4. The molecule has 0 bridgehead atoms. The number of nitrogens with one attached hydrogen (secondary N) is 1. The highest BCUT2D eigenvalue weighted by atomic mass is 35.5. The van der Waals surface area contributed by atoms with E-state index in [-0.39, 0.29) is 5.91 Å². The van der Waals surface area contributed by atoms with Crippen molar-refractivity contribution in [3.05, 3.63) is 47.2 Å². The molecule has 0 radical (unpaired) electrons. The molecule has 7 heteroatoms. The highest BCUT2D eigenvalue weighted by Gasteiger charge is 2.12. The molecule has 1 N–H and O–H groups in total. The van der Waals surface area contributed by atoms with Crippen molar-refractivity contribution < 1.29 is 4.79 Å². The van der Waals surface area contributed by atoms with Crippen molar-refractivity contribution in [1.29, 1.82) is 5.26 Å². The molecule has 0 saturated carbocycles. The predicted molar refractivity (Wildman–Crippen MR) is 87.1 cm³/mol. The maximum Gasteiger partial charge on any atom is 0.224 e. The number of anilines is 1. The summed E-state index contributed by atoms with van der Waals surface area (Å²) < 4.78 is 1.59. The van der Waals surface area contributed by atoms with Gasteiger partial charge in [-0.1, -0.05) is 24.6 Å². The first-order chi connectivity index (χ1) is 11.1. The lowest BCUT2D eigenvalue weighted by atomic mass is 10.1. The van der Waals surface area contributed by atoms with Crippen molar-refractivity contribution in [3.63, 3.8) is 0 Å². The summed E-state index contributed by atoms with van der Waals surface area (Å²) in [5.74, 6) is -0.116. The molecule has 3 aromatic rings. The number of carbonyl (C=O) groups is 1. The van der Waals surface area contributed by atoms with Gasteiger partial charge in [0.2, 0.25) is 5.91 Å². The van der Waals surface area contributed by atoms with Crippen LogP contribution in [-0.2, 0) is 4.79 Å². The van der Waals surface area contributed by atoms with Crippen LogP contribution in [0.4, 0.5) is 5.69 Å². The summed E-state index contributed by atoms with van der Waals surface area (Å²) >= 11 is 6.14. The quantitative estimate of drug-likeness (QED) is 0.801. The second-order valence-corrected chi connectivity index (χ2v) is 5.24. The normalized spacial score (nSPS) is 10.5. The zero-order valence-electron chi connectivity index (χ0n) is 12.2. The van der Waals surface area contributed by atoms with Crippen molar-refractivity contribution in [2.75, 3.05) is 5.32 Å². The molecular formula is C16H12ClN5O. The maximum absolute atomic E-state index is 11.6. The number of aromatic nitrogens is 3. The minimum atomic E-state index is -0.116.